The molecule has 0 rings (SSSR count). The number of ketones is 2. The summed E-state index contributed by atoms with van der Waals surface area (Å²) in [5, 5.41) is 36.7. The van der Waals surface area contributed by atoms with E-state index in [4.69, 9.17) is 10.2 Å². The number of carboxylic acid groups (broad SMARTS) is 2. The van der Waals surface area contributed by atoms with Gasteiger partial charge in [-0.05, 0) is 39.5 Å². The normalized spacial score (nSPS) is 11.0. The summed E-state index contributed by atoms with van der Waals surface area (Å²) in [7, 11) is 0. The molecule has 0 aromatic carbocycles. The summed E-state index contributed by atoms with van der Waals surface area (Å²) in [5.41, 5.74) is 0. The minimum Gasteiger partial charge on any atom is -0.549 e. The smallest absolute Gasteiger partial charge is 0.549 e. The summed E-state index contributed by atoms with van der Waals surface area (Å²) < 4.78 is 0. The van der Waals surface area contributed by atoms with Crippen LogP contribution in [0.4, 0.5) is 0 Å². The van der Waals surface area contributed by atoms with E-state index >= 15 is 0 Å². The van der Waals surface area contributed by atoms with Crippen molar-refractivity contribution in [3.05, 3.63) is 0 Å². The number of hydrogen-bond donors (Lipinski definition) is 2. The number of rotatable bonds is 16. The van der Waals surface area contributed by atoms with E-state index in [1.807, 2.05) is 13.8 Å². The van der Waals surface area contributed by atoms with Crippen LogP contribution in [-0.4, -0.2) is 46.9 Å². The second-order valence-corrected chi connectivity index (χ2v) is 8.11. The van der Waals surface area contributed by atoms with Crippen molar-refractivity contribution < 1.29 is 65.8 Å². The molecular formula is C26H50O8Zr. The fourth-order valence-electron chi connectivity index (χ4n) is 2.52. The Kier molecular flexibility index (Phi) is 44.4. The van der Waals surface area contributed by atoms with Gasteiger partial charge in [0.25, 0.3) is 0 Å². The number of carboxylic acids is 2. The van der Waals surface area contributed by atoms with Crippen molar-refractivity contribution >= 4 is 23.5 Å². The predicted octanol–water partition coefficient (Wildman–Crippen LogP) is 2.60. The van der Waals surface area contributed by atoms with Crippen LogP contribution in [0.1, 0.15) is 119 Å². The summed E-state index contributed by atoms with van der Waals surface area (Å²) in [6.45, 7) is 11.3. The number of Topliss-reactive ketones (excluding diaryl/α,β-unsaturated/α-hetero) is 2. The third-order valence-corrected chi connectivity index (χ3v) is 4.69. The fraction of sp³-hybridized carbons (Fsp3) is 0.846. The average Bonchev–Trinajstić information content (AvgIpc) is 2.78. The average molecular weight is 582 g/mol. The van der Waals surface area contributed by atoms with E-state index < -0.39 is 23.8 Å². The molecule has 35 heavy (non-hydrogen) atoms. The first-order chi connectivity index (χ1) is 16.0. The first kappa shape index (κ1) is 44.1. The largest absolute Gasteiger partial charge is 2.00 e. The van der Waals surface area contributed by atoms with Gasteiger partial charge in [-0.3, -0.25) is 9.59 Å². The van der Waals surface area contributed by atoms with Gasteiger partial charge in [0.05, 0.1) is 23.8 Å². The molecule has 2 unspecified atom stereocenters. The zero-order chi connectivity index (χ0) is 27.4. The van der Waals surface area contributed by atoms with Gasteiger partial charge >= 0.3 is 26.2 Å². The van der Waals surface area contributed by atoms with Crippen molar-refractivity contribution in [3.8, 4) is 0 Å². The number of aliphatic hydroxyl groups is 2. The van der Waals surface area contributed by atoms with E-state index in [-0.39, 0.29) is 37.8 Å². The summed E-state index contributed by atoms with van der Waals surface area (Å²) in [4.78, 5) is 42.6. The monoisotopic (exact) mass is 580 g/mol. The van der Waals surface area contributed by atoms with Gasteiger partial charge in [0.15, 0.2) is 0 Å². The van der Waals surface area contributed by atoms with Gasteiger partial charge in [0.2, 0.25) is 0 Å². The van der Waals surface area contributed by atoms with Gasteiger partial charge < -0.3 is 30.0 Å². The zero-order valence-electron chi connectivity index (χ0n) is 22.9. The maximum Gasteiger partial charge on any atom is 2.00 e. The number of unbranched alkanes of at least 4 members (excludes halogenated alkanes) is 6. The van der Waals surface area contributed by atoms with Crippen LogP contribution in [0.15, 0.2) is 0 Å². The molecule has 2 N–H and O–H groups in total. The van der Waals surface area contributed by atoms with Crippen molar-refractivity contribution in [3.63, 3.8) is 0 Å². The standard InChI is InChI=1S/2C10H18O3.2C3H8O.Zr/c2*1-3-4-5-6-7-9(8(2)11)10(12)13;2*1-2-3-4;/h2*9H,3-7H2,1-2H3,(H,12,13);2*4H,2-3H2,1H3;/q;;;;+2/p-2. The summed E-state index contributed by atoms with van der Waals surface area (Å²) >= 11 is 0. The second-order valence-electron chi connectivity index (χ2n) is 8.11. The summed E-state index contributed by atoms with van der Waals surface area (Å²) in [6.07, 6.45) is 10.6. The van der Waals surface area contributed by atoms with Crippen molar-refractivity contribution in [2.24, 2.45) is 11.8 Å². The molecule has 0 saturated heterocycles. The van der Waals surface area contributed by atoms with Gasteiger partial charge in [0.1, 0.15) is 11.6 Å². The van der Waals surface area contributed by atoms with Crippen LogP contribution in [-0.2, 0) is 45.4 Å². The van der Waals surface area contributed by atoms with Crippen molar-refractivity contribution in [1.82, 2.24) is 0 Å². The first-order valence-electron chi connectivity index (χ1n) is 12.7. The molecule has 9 heteroatoms. The van der Waals surface area contributed by atoms with Crippen molar-refractivity contribution in [1.29, 1.82) is 0 Å². The first-order valence-corrected chi connectivity index (χ1v) is 12.7. The van der Waals surface area contributed by atoms with Crippen LogP contribution in [0, 0.1) is 11.8 Å². The minimum atomic E-state index is -1.23. The van der Waals surface area contributed by atoms with Gasteiger partial charge in [-0.1, -0.05) is 79.1 Å². The van der Waals surface area contributed by atoms with E-state index in [9.17, 15) is 29.4 Å². The summed E-state index contributed by atoms with van der Waals surface area (Å²) in [5.74, 6) is -4.84. The number of aliphatic carboxylic acids is 2. The van der Waals surface area contributed by atoms with Crippen molar-refractivity contribution in [2.75, 3.05) is 13.2 Å². The molecule has 206 valence electrons. The second kappa shape index (κ2) is 35.2. The third-order valence-electron chi connectivity index (χ3n) is 4.69. The van der Waals surface area contributed by atoms with E-state index in [2.05, 4.69) is 13.8 Å². The Balaban J connectivity index is -0.000000128. The molecule has 0 saturated carbocycles. The molecule has 0 aliphatic carbocycles. The van der Waals surface area contributed by atoms with E-state index in [1.54, 1.807) is 0 Å². The van der Waals surface area contributed by atoms with Gasteiger partial charge in [0, 0.05) is 13.2 Å². The predicted molar refractivity (Wildman–Crippen MR) is 131 cm³/mol. The molecule has 0 aliphatic heterocycles. The van der Waals surface area contributed by atoms with Gasteiger partial charge in [-0.25, -0.2) is 0 Å². The van der Waals surface area contributed by atoms with Crippen LogP contribution in [0.5, 0.6) is 0 Å². The maximum absolute atomic E-state index is 10.8. The molecule has 2 atom stereocenters. The number of carbonyl (C=O) groups excluding carboxylic acids is 4. The van der Waals surface area contributed by atoms with E-state index in [0.29, 0.717) is 26.1 Å². The molecule has 0 aromatic rings. The van der Waals surface area contributed by atoms with Gasteiger partial charge in [-0.15, -0.1) is 0 Å². The molecule has 0 fully saturated rings. The van der Waals surface area contributed by atoms with E-state index in [0.717, 1.165) is 64.2 Å². The van der Waals surface area contributed by atoms with Crippen LogP contribution < -0.4 is 10.2 Å². The minimum absolute atomic E-state index is 0. The Morgan fingerprint density at radius 3 is 0.971 bits per heavy atom. The molecule has 0 radical (unpaired) electrons. The van der Waals surface area contributed by atoms with Crippen LogP contribution in [0.3, 0.4) is 0 Å². The van der Waals surface area contributed by atoms with Gasteiger partial charge in [-0.2, -0.15) is 0 Å². The SMILES string of the molecule is CCCCCCC(C(C)=O)C(=O)[O-].CCCCCCC(C(C)=O)C(=O)[O-].CCCO.CCCO.[Zr+2]. The number of hydrogen-bond acceptors (Lipinski definition) is 8. The Hall–Kier alpha value is -0.917. The molecule has 0 bridgehead atoms. The number of aliphatic hydroxyl groups excluding tert-OH is 2. The maximum atomic E-state index is 10.8. The molecule has 0 aliphatic rings. The molecular weight excluding hydrogens is 532 g/mol. The Bertz CT molecular complexity index is 422. The molecule has 8 nitrogen and oxygen atoms in total. The molecule has 0 heterocycles. The quantitative estimate of drug-likeness (QED) is 0.208. The van der Waals surface area contributed by atoms with Crippen LogP contribution >= 0.6 is 0 Å². The number of carbonyl (C=O) groups is 4. The Morgan fingerprint density at radius 1 is 0.571 bits per heavy atom. The van der Waals surface area contributed by atoms with Crippen LogP contribution in [0.25, 0.3) is 0 Å². The zero-order valence-corrected chi connectivity index (χ0v) is 25.4. The van der Waals surface area contributed by atoms with Crippen LogP contribution in [0.2, 0.25) is 0 Å². The fourth-order valence-corrected chi connectivity index (χ4v) is 2.52. The summed E-state index contributed by atoms with van der Waals surface area (Å²) in [6, 6.07) is 0. The third kappa shape index (κ3) is 37.8. The van der Waals surface area contributed by atoms with Crippen molar-refractivity contribution in [2.45, 2.75) is 119 Å². The van der Waals surface area contributed by atoms with E-state index in [1.165, 1.54) is 13.8 Å². The Labute approximate surface area is 232 Å². The molecule has 0 amide bonds. The molecule has 0 spiro atoms. The Morgan fingerprint density at radius 2 is 0.829 bits per heavy atom. The molecule has 0 aromatic heterocycles. The topological polar surface area (TPSA) is 155 Å².